The summed E-state index contributed by atoms with van der Waals surface area (Å²) in [5.41, 5.74) is 1.51. The van der Waals surface area contributed by atoms with Crippen LogP contribution in [-0.4, -0.2) is 61.1 Å². The van der Waals surface area contributed by atoms with E-state index < -0.39 is 5.82 Å². The second kappa shape index (κ2) is 10.2. The summed E-state index contributed by atoms with van der Waals surface area (Å²) in [4.78, 5) is 29.9. The van der Waals surface area contributed by atoms with Gasteiger partial charge in [-0.1, -0.05) is 36.4 Å². The summed E-state index contributed by atoms with van der Waals surface area (Å²) in [5.74, 6) is 0.356. The Morgan fingerprint density at radius 2 is 1.74 bits per heavy atom. The quantitative estimate of drug-likeness (QED) is 0.412. The number of rotatable bonds is 7. The van der Waals surface area contributed by atoms with Crippen LogP contribution in [0.3, 0.4) is 0 Å². The summed E-state index contributed by atoms with van der Waals surface area (Å²) in [6.45, 7) is 4.11. The number of benzene rings is 2. The first kappa shape index (κ1) is 22.9. The first-order valence-electron chi connectivity index (χ1n) is 11.8. The van der Waals surface area contributed by atoms with Crippen molar-refractivity contribution in [3.63, 3.8) is 0 Å². The van der Waals surface area contributed by atoms with Crippen LogP contribution >= 0.6 is 0 Å². The van der Waals surface area contributed by atoms with Crippen LogP contribution in [0.2, 0.25) is 0 Å². The van der Waals surface area contributed by atoms with Crippen molar-refractivity contribution in [1.82, 2.24) is 29.0 Å². The average molecular weight is 475 g/mol. The highest BCUT2D eigenvalue weighted by Gasteiger charge is 2.21. The summed E-state index contributed by atoms with van der Waals surface area (Å²) in [6.07, 6.45) is 4.86. The van der Waals surface area contributed by atoms with Crippen LogP contribution in [0.15, 0.2) is 71.8 Å². The van der Waals surface area contributed by atoms with Gasteiger partial charge in [-0.15, -0.1) is 10.2 Å². The van der Waals surface area contributed by atoms with Crippen molar-refractivity contribution in [3.05, 3.63) is 94.5 Å². The fourth-order valence-corrected chi connectivity index (χ4v) is 4.49. The summed E-state index contributed by atoms with van der Waals surface area (Å²) < 4.78 is 16.6. The predicted octanol–water partition coefficient (Wildman–Crippen LogP) is 2.69. The summed E-state index contributed by atoms with van der Waals surface area (Å²) in [7, 11) is 0. The predicted molar refractivity (Wildman–Crippen MR) is 130 cm³/mol. The van der Waals surface area contributed by atoms with Gasteiger partial charge in [0.25, 0.3) is 0 Å². The number of nitrogens with zero attached hydrogens (tertiary/aromatic N) is 6. The van der Waals surface area contributed by atoms with Gasteiger partial charge < -0.3 is 4.90 Å². The van der Waals surface area contributed by atoms with Gasteiger partial charge in [-0.3, -0.25) is 23.5 Å². The number of piperazine rings is 1. The molecule has 0 spiro atoms. The SMILES string of the molecule is O=C(CCCc1nnc2c(=O)n(-c3cccc(F)c3)ccn12)N1CCN(Cc2ccccc2)CC1. The number of aryl methyl sites for hydroxylation is 1. The zero-order valence-corrected chi connectivity index (χ0v) is 19.4. The molecular formula is C26H27FN6O2. The molecule has 0 N–H and O–H groups in total. The van der Waals surface area contributed by atoms with Crippen LogP contribution in [0.1, 0.15) is 24.2 Å². The molecule has 35 heavy (non-hydrogen) atoms. The molecule has 0 unspecified atom stereocenters. The van der Waals surface area contributed by atoms with Crippen LogP contribution < -0.4 is 5.56 Å². The Kier molecular flexibility index (Phi) is 6.67. The molecule has 180 valence electrons. The van der Waals surface area contributed by atoms with E-state index in [0.29, 0.717) is 30.8 Å². The van der Waals surface area contributed by atoms with Crippen molar-refractivity contribution in [3.8, 4) is 5.69 Å². The molecule has 1 aliphatic rings. The molecule has 1 amide bonds. The topological polar surface area (TPSA) is 75.7 Å². The van der Waals surface area contributed by atoms with Gasteiger partial charge in [0.05, 0.1) is 5.69 Å². The van der Waals surface area contributed by atoms with Crippen LogP contribution in [-0.2, 0) is 17.8 Å². The van der Waals surface area contributed by atoms with Gasteiger partial charge >= 0.3 is 5.56 Å². The van der Waals surface area contributed by atoms with Crippen LogP contribution in [0.25, 0.3) is 11.3 Å². The summed E-state index contributed by atoms with van der Waals surface area (Å²) in [6, 6.07) is 16.2. The molecular weight excluding hydrogens is 447 g/mol. The fraction of sp³-hybridized carbons (Fsp3) is 0.308. The molecule has 0 saturated carbocycles. The van der Waals surface area contributed by atoms with Gasteiger partial charge in [-0.25, -0.2) is 4.39 Å². The van der Waals surface area contributed by atoms with Crippen molar-refractivity contribution in [2.24, 2.45) is 0 Å². The zero-order chi connectivity index (χ0) is 24.2. The maximum absolute atomic E-state index is 13.6. The normalized spacial score (nSPS) is 14.5. The van der Waals surface area contributed by atoms with Gasteiger partial charge in [-0.05, 0) is 30.2 Å². The zero-order valence-electron chi connectivity index (χ0n) is 19.4. The molecule has 2 aromatic carbocycles. The maximum atomic E-state index is 13.6. The minimum Gasteiger partial charge on any atom is -0.340 e. The van der Waals surface area contributed by atoms with E-state index in [1.807, 2.05) is 23.1 Å². The van der Waals surface area contributed by atoms with Crippen molar-refractivity contribution < 1.29 is 9.18 Å². The van der Waals surface area contributed by atoms with Crippen LogP contribution in [0.4, 0.5) is 4.39 Å². The minimum atomic E-state index is -0.418. The second-order valence-electron chi connectivity index (χ2n) is 8.76. The molecule has 1 aliphatic heterocycles. The van der Waals surface area contributed by atoms with Crippen LogP contribution in [0.5, 0.6) is 0 Å². The van der Waals surface area contributed by atoms with Gasteiger partial charge in [-0.2, -0.15) is 0 Å². The summed E-state index contributed by atoms with van der Waals surface area (Å²) in [5, 5.41) is 8.20. The van der Waals surface area contributed by atoms with Crippen molar-refractivity contribution >= 4 is 11.6 Å². The molecule has 1 fully saturated rings. The van der Waals surface area contributed by atoms with Crippen LogP contribution in [0, 0.1) is 5.82 Å². The number of amides is 1. The third kappa shape index (κ3) is 5.14. The first-order chi connectivity index (χ1) is 17.1. The second-order valence-corrected chi connectivity index (χ2v) is 8.76. The highest BCUT2D eigenvalue weighted by molar-refractivity contribution is 5.76. The molecule has 8 nitrogen and oxygen atoms in total. The van der Waals surface area contributed by atoms with E-state index in [-0.39, 0.29) is 17.1 Å². The number of hydrogen-bond acceptors (Lipinski definition) is 5. The van der Waals surface area contributed by atoms with E-state index in [2.05, 4.69) is 27.2 Å². The molecule has 1 saturated heterocycles. The summed E-state index contributed by atoms with van der Waals surface area (Å²) >= 11 is 0. The Bertz CT molecular complexity index is 1380. The third-order valence-electron chi connectivity index (χ3n) is 6.39. The van der Waals surface area contributed by atoms with E-state index in [9.17, 15) is 14.0 Å². The van der Waals surface area contributed by atoms with E-state index in [4.69, 9.17) is 0 Å². The maximum Gasteiger partial charge on any atom is 0.300 e. The lowest BCUT2D eigenvalue weighted by atomic mass is 10.1. The van der Waals surface area contributed by atoms with Gasteiger partial charge in [0.15, 0.2) is 0 Å². The molecule has 5 rings (SSSR count). The van der Waals surface area contributed by atoms with Crippen molar-refractivity contribution in [2.45, 2.75) is 25.8 Å². The monoisotopic (exact) mass is 474 g/mol. The first-order valence-corrected chi connectivity index (χ1v) is 11.8. The number of aromatic nitrogens is 4. The van der Waals surface area contributed by atoms with Gasteiger partial charge in [0.1, 0.15) is 11.6 Å². The average Bonchev–Trinajstić information content (AvgIpc) is 3.29. The number of fused-ring (bicyclic) bond motifs is 1. The highest BCUT2D eigenvalue weighted by Crippen LogP contribution is 2.12. The Morgan fingerprint density at radius 3 is 2.51 bits per heavy atom. The Balaban J connectivity index is 1.15. The highest BCUT2D eigenvalue weighted by atomic mass is 19.1. The number of carbonyl (C=O) groups excluding carboxylic acids is 1. The van der Waals surface area contributed by atoms with E-state index in [1.54, 1.807) is 28.9 Å². The Hall–Kier alpha value is -3.85. The van der Waals surface area contributed by atoms with Crippen molar-refractivity contribution in [1.29, 1.82) is 0 Å². The molecule has 0 radical (unpaired) electrons. The molecule has 2 aromatic heterocycles. The molecule has 9 heteroatoms. The lowest BCUT2D eigenvalue weighted by molar-refractivity contribution is -0.133. The van der Waals surface area contributed by atoms with Crippen molar-refractivity contribution in [2.75, 3.05) is 26.2 Å². The van der Waals surface area contributed by atoms with Gasteiger partial charge in [0, 0.05) is 58.0 Å². The third-order valence-corrected chi connectivity index (χ3v) is 6.39. The standard InChI is InChI=1S/C26H27FN6O2/c27-21-8-4-9-22(18-21)32-16-17-33-23(28-29-25(33)26(32)35)10-5-11-24(34)31-14-12-30(13-15-31)19-20-6-2-1-3-7-20/h1-4,6-9,16-18H,5,10-15,19H2. The fourth-order valence-electron chi connectivity index (χ4n) is 4.49. The smallest absolute Gasteiger partial charge is 0.300 e. The Morgan fingerprint density at radius 1 is 0.943 bits per heavy atom. The lowest BCUT2D eigenvalue weighted by Gasteiger charge is -2.34. The number of hydrogen-bond donors (Lipinski definition) is 0. The molecule has 4 aromatic rings. The van der Waals surface area contributed by atoms with E-state index in [1.165, 1.54) is 22.3 Å². The molecule has 0 aliphatic carbocycles. The van der Waals surface area contributed by atoms with Gasteiger partial charge in [0.2, 0.25) is 11.6 Å². The number of halogens is 1. The van der Waals surface area contributed by atoms with E-state index >= 15 is 0 Å². The minimum absolute atomic E-state index is 0.145. The molecule has 3 heterocycles. The lowest BCUT2D eigenvalue weighted by Crippen LogP contribution is -2.48. The molecule has 0 atom stereocenters. The van der Waals surface area contributed by atoms with E-state index in [0.717, 1.165) is 32.7 Å². The largest absolute Gasteiger partial charge is 0.340 e. The number of carbonyl (C=O) groups is 1. The Labute approximate surface area is 202 Å². The molecule has 0 bridgehead atoms.